The van der Waals surface area contributed by atoms with E-state index in [1.807, 2.05) is 24.3 Å². The molecule has 0 saturated carbocycles. The average Bonchev–Trinajstić information content (AvgIpc) is 3.12. The summed E-state index contributed by atoms with van der Waals surface area (Å²) in [7, 11) is 0. The summed E-state index contributed by atoms with van der Waals surface area (Å²) < 4.78 is 0. The molecule has 3 N–H and O–H groups in total. The number of H-pyrrole nitrogens is 2. The summed E-state index contributed by atoms with van der Waals surface area (Å²) in [6.07, 6.45) is 1.74. The molecular weight excluding hydrogens is 264 g/mol. The molecule has 1 atom stereocenters. The van der Waals surface area contributed by atoms with Crippen LogP contribution in [0, 0.1) is 5.92 Å². The SMILES string of the molecule is CC(C)[C@@H](NC(=O)c1ccc[nH]1)c1nc2ccccc2[nH]1. The van der Waals surface area contributed by atoms with Gasteiger partial charge in [-0.2, -0.15) is 0 Å². The third kappa shape index (κ3) is 2.67. The van der Waals surface area contributed by atoms with Crippen LogP contribution >= 0.6 is 0 Å². The highest BCUT2D eigenvalue weighted by molar-refractivity contribution is 5.92. The minimum absolute atomic E-state index is 0.126. The molecule has 1 aromatic carbocycles. The van der Waals surface area contributed by atoms with Gasteiger partial charge in [0.25, 0.3) is 5.91 Å². The molecule has 108 valence electrons. The zero-order valence-corrected chi connectivity index (χ0v) is 12.1. The quantitative estimate of drug-likeness (QED) is 0.688. The monoisotopic (exact) mass is 282 g/mol. The Balaban J connectivity index is 1.89. The maximum absolute atomic E-state index is 12.2. The van der Waals surface area contributed by atoms with Gasteiger partial charge in [0.1, 0.15) is 11.5 Å². The second-order valence-electron chi connectivity index (χ2n) is 5.42. The number of nitrogens with zero attached hydrogens (tertiary/aromatic N) is 1. The van der Waals surface area contributed by atoms with Crippen LogP contribution in [0.15, 0.2) is 42.6 Å². The van der Waals surface area contributed by atoms with E-state index in [1.165, 1.54) is 0 Å². The highest BCUT2D eigenvalue weighted by atomic mass is 16.1. The Kier molecular flexibility index (Phi) is 3.48. The highest BCUT2D eigenvalue weighted by Gasteiger charge is 2.22. The van der Waals surface area contributed by atoms with Crippen molar-refractivity contribution in [1.82, 2.24) is 20.3 Å². The lowest BCUT2D eigenvalue weighted by atomic mass is 10.0. The van der Waals surface area contributed by atoms with Gasteiger partial charge < -0.3 is 15.3 Å². The molecule has 2 aromatic heterocycles. The maximum Gasteiger partial charge on any atom is 0.268 e. The van der Waals surface area contributed by atoms with Crippen molar-refractivity contribution in [3.05, 3.63) is 54.1 Å². The van der Waals surface area contributed by atoms with Gasteiger partial charge in [-0.1, -0.05) is 26.0 Å². The van der Waals surface area contributed by atoms with Crippen LogP contribution in [-0.2, 0) is 0 Å². The number of para-hydroxylation sites is 2. The van der Waals surface area contributed by atoms with Gasteiger partial charge in [-0.3, -0.25) is 4.79 Å². The minimum atomic E-state index is -0.159. The summed E-state index contributed by atoms with van der Waals surface area (Å²) in [4.78, 5) is 23.0. The molecular formula is C16H18N4O. The van der Waals surface area contributed by atoms with Crippen LogP contribution in [0.2, 0.25) is 0 Å². The van der Waals surface area contributed by atoms with Gasteiger partial charge in [0.2, 0.25) is 0 Å². The molecule has 3 aromatic rings. The summed E-state index contributed by atoms with van der Waals surface area (Å²) in [6, 6.07) is 11.3. The molecule has 21 heavy (non-hydrogen) atoms. The van der Waals surface area contributed by atoms with Crippen molar-refractivity contribution in [1.29, 1.82) is 0 Å². The topological polar surface area (TPSA) is 73.6 Å². The fourth-order valence-electron chi connectivity index (χ4n) is 2.36. The number of carbonyl (C=O) groups excluding carboxylic acids is 1. The Bertz CT molecular complexity index is 710. The van der Waals surface area contributed by atoms with Gasteiger partial charge in [0.05, 0.1) is 17.1 Å². The van der Waals surface area contributed by atoms with Crippen molar-refractivity contribution in [3.63, 3.8) is 0 Å². The second kappa shape index (κ2) is 5.44. The van der Waals surface area contributed by atoms with E-state index in [2.05, 4.69) is 34.1 Å². The van der Waals surface area contributed by atoms with E-state index in [9.17, 15) is 4.79 Å². The second-order valence-corrected chi connectivity index (χ2v) is 5.42. The van der Waals surface area contributed by atoms with E-state index in [0.29, 0.717) is 5.69 Å². The van der Waals surface area contributed by atoms with Crippen LogP contribution in [0.1, 0.15) is 36.2 Å². The summed E-state index contributed by atoms with van der Waals surface area (Å²) in [5.41, 5.74) is 2.44. The number of aromatic nitrogens is 3. The van der Waals surface area contributed by atoms with Crippen molar-refractivity contribution in [2.75, 3.05) is 0 Å². The van der Waals surface area contributed by atoms with Gasteiger partial charge in [0.15, 0.2) is 0 Å². The first-order valence-corrected chi connectivity index (χ1v) is 7.04. The van der Waals surface area contributed by atoms with Crippen molar-refractivity contribution in [3.8, 4) is 0 Å². The molecule has 0 spiro atoms. The van der Waals surface area contributed by atoms with E-state index in [1.54, 1.807) is 18.3 Å². The molecule has 0 aliphatic rings. The molecule has 0 aliphatic heterocycles. The van der Waals surface area contributed by atoms with E-state index in [0.717, 1.165) is 16.9 Å². The normalized spacial score (nSPS) is 12.7. The largest absolute Gasteiger partial charge is 0.357 e. The van der Waals surface area contributed by atoms with E-state index in [-0.39, 0.29) is 17.9 Å². The summed E-state index contributed by atoms with van der Waals surface area (Å²) in [6.45, 7) is 4.12. The first-order valence-electron chi connectivity index (χ1n) is 7.04. The van der Waals surface area contributed by atoms with Gasteiger partial charge in [-0.25, -0.2) is 4.98 Å². The Morgan fingerprint density at radius 2 is 2.00 bits per heavy atom. The standard InChI is InChI=1S/C16H18N4O/c1-10(2)14(20-16(21)13-8-5-9-17-13)15-18-11-6-3-4-7-12(11)19-15/h3-10,14,17H,1-2H3,(H,18,19)(H,20,21)/t14-/m1/s1. The average molecular weight is 282 g/mol. The number of carbonyl (C=O) groups is 1. The van der Waals surface area contributed by atoms with Crippen LogP contribution in [0.4, 0.5) is 0 Å². The molecule has 3 rings (SSSR count). The first kappa shape index (κ1) is 13.4. The first-order chi connectivity index (χ1) is 10.1. The minimum Gasteiger partial charge on any atom is -0.357 e. The number of benzene rings is 1. The fourth-order valence-corrected chi connectivity index (χ4v) is 2.36. The van der Waals surface area contributed by atoms with Crippen molar-refractivity contribution >= 4 is 16.9 Å². The van der Waals surface area contributed by atoms with Gasteiger partial charge >= 0.3 is 0 Å². The lowest BCUT2D eigenvalue weighted by Gasteiger charge is -2.20. The Morgan fingerprint density at radius 3 is 2.67 bits per heavy atom. The molecule has 5 heteroatoms. The number of hydrogen-bond acceptors (Lipinski definition) is 2. The smallest absolute Gasteiger partial charge is 0.268 e. The fraction of sp³-hybridized carbons (Fsp3) is 0.250. The molecule has 0 radical (unpaired) electrons. The maximum atomic E-state index is 12.2. The number of aromatic amines is 2. The Hall–Kier alpha value is -2.56. The van der Waals surface area contributed by atoms with E-state index >= 15 is 0 Å². The molecule has 1 amide bonds. The lowest BCUT2D eigenvalue weighted by Crippen LogP contribution is -2.32. The van der Waals surface area contributed by atoms with E-state index < -0.39 is 0 Å². The number of nitrogens with one attached hydrogen (secondary N) is 3. The van der Waals surface area contributed by atoms with Crippen molar-refractivity contribution < 1.29 is 4.79 Å². The van der Waals surface area contributed by atoms with Crippen LogP contribution in [-0.4, -0.2) is 20.9 Å². The van der Waals surface area contributed by atoms with Crippen molar-refractivity contribution in [2.24, 2.45) is 5.92 Å². The molecule has 0 unspecified atom stereocenters. The van der Waals surface area contributed by atoms with Gasteiger partial charge in [0, 0.05) is 6.20 Å². The zero-order chi connectivity index (χ0) is 14.8. The molecule has 5 nitrogen and oxygen atoms in total. The van der Waals surface area contributed by atoms with Gasteiger partial charge in [-0.05, 0) is 30.2 Å². The summed E-state index contributed by atoms with van der Waals surface area (Å²) in [5, 5.41) is 3.03. The Labute approximate surface area is 122 Å². The molecule has 0 bridgehead atoms. The third-order valence-corrected chi connectivity index (χ3v) is 3.50. The van der Waals surface area contributed by atoms with Crippen molar-refractivity contribution in [2.45, 2.75) is 19.9 Å². The van der Waals surface area contributed by atoms with Crippen LogP contribution in [0.25, 0.3) is 11.0 Å². The Morgan fingerprint density at radius 1 is 1.19 bits per heavy atom. The molecule has 0 fully saturated rings. The van der Waals surface area contributed by atoms with Gasteiger partial charge in [-0.15, -0.1) is 0 Å². The predicted octanol–water partition coefficient (Wildman–Crippen LogP) is 3.02. The number of amides is 1. The van der Waals surface area contributed by atoms with Crippen LogP contribution < -0.4 is 5.32 Å². The number of hydrogen-bond donors (Lipinski definition) is 3. The van der Waals surface area contributed by atoms with Crippen LogP contribution in [0.5, 0.6) is 0 Å². The molecule has 2 heterocycles. The number of rotatable bonds is 4. The summed E-state index contributed by atoms with van der Waals surface area (Å²) >= 11 is 0. The highest BCUT2D eigenvalue weighted by Crippen LogP contribution is 2.22. The van der Waals surface area contributed by atoms with E-state index in [4.69, 9.17) is 0 Å². The van der Waals surface area contributed by atoms with Crippen LogP contribution in [0.3, 0.4) is 0 Å². The molecule has 0 saturated heterocycles. The predicted molar refractivity (Wildman–Crippen MR) is 81.9 cm³/mol. The number of imidazole rings is 1. The number of fused-ring (bicyclic) bond motifs is 1. The molecule has 0 aliphatic carbocycles. The summed E-state index contributed by atoms with van der Waals surface area (Å²) in [5.74, 6) is 0.884. The third-order valence-electron chi connectivity index (χ3n) is 3.50. The lowest BCUT2D eigenvalue weighted by molar-refractivity contribution is 0.0919. The zero-order valence-electron chi connectivity index (χ0n) is 12.1.